The Morgan fingerprint density at radius 1 is 1.21 bits per heavy atom. The van der Waals surface area contributed by atoms with E-state index in [1.54, 1.807) is 12.4 Å². The van der Waals surface area contributed by atoms with Gasteiger partial charge in [-0.1, -0.05) is 6.92 Å². The first kappa shape index (κ1) is 18.9. The molecule has 2 aromatic rings. The van der Waals surface area contributed by atoms with Gasteiger partial charge in [-0.05, 0) is 43.0 Å². The van der Waals surface area contributed by atoms with Crippen LogP contribution in [-0.4, -0.2) is 40.6 Å². The average molecular weight is 368 g/mol. The number of hydrogen-bond donors (Lipinski definition) is 1. The number of fused-ring (bicyclic) bond motifs is 1. The fourth-order valence-corrected chi connectivity index (χ4v) is 3.99. The van der Waals surface area contributed by atoms with Gasteiger partial charge >= 0.3 is 0 Å². The van der Waals surface area contributed by atoms with Crippen molar-refractivity contribution in [3.63, 3.8) is 0 Å². The number of rotatable bonds is 1. The van der Waals surface area contributed by atoms with E-state index >= 15 is 0 Å². The van der Waals surface area contributed by atoms with Gasteiger partial charge in [-0.3, -0.25) is 0 Å². The van der Waals surface area contributed by atoms with E-state index in [1.807, 2.05) is 12.3 Å². The summed E-state index contributed by atoms with van der Waals surface area (Å²) >= 11 is 0. The minimum Gasteiger partial charge on any atom is -0.352 e. The van der Waals surface area contributed by atoms with Gasteiger partial charge in [-0.25, -0.2) is 15.0 Å². The van der Waals surface area contributed by atoms with Crippen molar-refractivity contribution in [3.8, 4) is 11.4 Å². The third-order valence-electron chi connectivity index (χ3n) is 5.36. The first-order chi connectivity index (χ1) is 10.7. The summed E-state index contributed by atoms with van der Waals surface area (Å²) in [4.78, 5) is 15.8. The average Bonchev–Trinajstić information content (AvgIpc) is 3.05. The zero-order valence-corrected chi connectivity index (χ0v) is 15.5. The Balaban J connectivity index is 0.00000104. The highest BCUT2D eigenvalue weighted by Crippen LogP contribution is 2.42. The summed E-state index contributed by atoms with van der Waals surface area (Å²) in [6.07, 6.45) is 7.70. The summed E-state index contributed by atoms with van der Waals surface area (Å²) in [6.45, 7) is 4.51. The van der Waals surface area contributed by atoms with Crippen molar-refractivity contribution < 1.29 is 0 Å². The second-order valence-electron chi connectivity index (χ2n) is 6.47. The van der Waals surface area contributed by atoms with E-state index in [2.05, 4.69) is 40.2 Å². The van der Waals surface area contributed by atoms with Crippen LogP contribution in [0.1, 0.15) is 18.9 Å². The molecule has 0 bridgehead atoms. The fourth-order valence-electron chi connectivity index (χ4n) is 3.99. The Labute approximate surface area is 155 Å². The van der Waals surface area contributed by atoms with Crippen LogP contribution in [-0.2, 0) is 6.42 Å². The van der Waals surface area contributed by atoms with E-state index in [-0.39, 0.29) is 30.4 Å². The van der Waals surface area contributed by atoms with Gasteiger partial charge in [0.1, 0.15) is 5.82 Å². The molecule has 130 valence electrons. The summed E-state index contributed by atoms with van der Waals surface area (Å²) in [6, 6.07) is 4.04. The molecule has 2 unspecified atom stereocenters. The van der Waals surface area contributed by atoms with Crippen molar-refractivity contribution in [2.75, 3.05) is 25.0 Å². The van der Waals surface area contributed by atoms with Gasteiger partial charge in [0.05, 0.1) is 5.54 Å². The number of hydrogen-bond acceptors (Lipinski definition) is 5. The van der Waals surface area contributed by atoms with Crippen molar-refractivity contribution in [2.45, 2.75) is 25.3 Å². The summed E-state index contributed by atoms with van der Waals surface area (Å²) in [5, 5.41) is 3.52. The molecule has 2 atom stereocenters. The largest absolute Gasteiger partial charge is 0.352 e. The van der Waals surface area contributed by atoms with Crippen LogP contribution in [0.2, 0.25) is 0 Å². The van der Waals surface area contributed by atoms with E-state index in [0.717, 1.165) is 36.7 Å². The number of aromatic nitrogens is 3. The third-order valence-corrected chi connectivity index (χ3v) is 5.36. The van der Waals surface area contributed by atoms with Gasteiger partial charge < -0.3 is 10.2 Å². The lowest BCUT2D eigenvalue weighted by atomic mass is 9.76. The maximum atomic E-state index is 4.75. The lowest BCUT2D eigenvalue weighted by molar-refractivity contribution is 0.283. The molecule has 1 fully saturated rings. The topological polar surface area (TPSA) is 53.9 Å². The maximum Gasteiger partial charge on any atom is 0.160 e. The Morgan fingerprint density at radius 3 is 2.62 bits per heavy atom. The molecular formula is C17H23Cl2N5. The van der Waals surface area contributed by atoms with Crippen LogP contribution in [0.4, 0.5) is 5.82 Å². The van der Waals surface area contributed by atoms with Gasteiger partial charge in [0.15, 0.2) is 5.82 Å². The molecule has 0 aromatic carbocycles. The molecule has 7 heteroatoms. The monoisotopic (exact) mass is 367 g/mol. The van der Waals surface area contributed by atoms with Crippen LogP contribution >= 0.6 is 24.8 Å². The van der Waals surface area contributed by atoms with Crippen LogP contribution in [0.3, 0.4) is 0 Å². The summed E-state index contributed by atoms with van der Waals surface area (Å²) in [5.41, 5.74) is 2.52. The Kier molecular flexibility index (Phi) is 5.68. The highest BCUT2D eigenvalue weighted by atomic mass is 35.5. The minimum absolute atomic E-state index is 0. The Hall–Kier alpha value is -1.43. The van der Waals surface area contributed by atoms with Crippen molar-refractivity contribution >= 4 is 30.6 Å². The molecule has 24 heavy (non-hydrogen) atoms. The predicted octanol–water partition coefficient (Wildman–Crippen LogP) is 2.74. The van der Waals surface area contributed by atoms with E-state index in [4.69, 9.17) is 4.98 Å². The molecule has 0 saturated carbocycles. The SMILES string of the molecule is CC1Cc2cc(-c3ncccn3)cnc2N(C)C12CCNC2.Cl.Cl. The zero-order chi connectivity index (χ0) is 15.2. The first-order valence-corrected chi connectivity index (χ1v) is 7.91. The molecule has 5 nitrogen and oxygen atoms in total. The van der Waals surface area contributed by atoms with Gasteiger partial charge in [0, 0.05) is 37.7 Å². The molecule has 0 radical (unpaired) electrons. The number of halogens is 2. The van der Waals surface area contributed by atoms with Gasteiger partial charge in [-0.15, -0.1) is 24.8 Å². The molecule has 1 saturated heterocycles. The zero-order valence-electron chi connectivity index (χ0n) is 13.9. The highest BCUT2D eigenvalue weighted by Gasteiger charge is 2.46. The summed E-state index contributed by atoms with van der Waals surface area (Å²) in [7, 11) is 2.19. The van der Waals surface area contributed by atoms with Crippen molar-refractivity contribution in [3.05, 3.63) is 36.3 Å². The molecule has 2 aromatic heterocycles. The lowest BCUT2D eigenvalue weighted by Crippen LogP contribution is -2.56. The van der Waals surface area contributed by atoms with E-state index in [9.17, 15) is 0 Å². The second-order valence-corrected chi connectivity index (χ2v) is 6.47. The maximum absolute atomic E-state index is 4.75. The number of pyridine rings is 1. The molecule has 1 N–H and O–H groups in total. The van der Waals surface area contributed by atoms with Gasteiger partial charge in [0.25, 0.3) is 0 Å². The molecule has 0 aliphatic carbocycles. The Morgan fingerprint density at radius 2 is 1.96 bits per heavy atom. The predicted molar refractivity (Wildman–Crippen MR) is 101 cm³/mol. The van der Waals surface area contributed by atoms with Crippen LogP contribution < -0.4 is 10.2 Å². The summed E-state index contributed by atoms with van der Waals surface area (Å²) in [5.74, 6) is 2.46. The normalized spacial score (nSPS) is 24.9. The number of nitrogens with zero attached hydrogens (tertiary/aromatic N) is 4. The molecule has 1 spiro atoms. The van der Waals surface area contributed by atoms with Crippen LogP contribution in [0, 0.1) is 5.92 Å². The van der Waals surface area contributed by atoms with Gasteiger partial charge in [-0.2, -0.15) is 0 Å². The minimum atomic E-state index is 0. The number of anilines is 1. The molecule has 2 aliphatic heterocycles. The number of likely N-dealkylation sites (N-methyl/N-ethyl adjacent to an activating group) is 1. The highest BCUT2D eigenvalue weighted by molar-refractivity contribution is 5.85. The lowest BCUT2D eigenvalue weighted by Gasteiger charge is -2.48. The number of nitrogens with one attached hydrogen (secondary N) is 1. The molecule has 2 aliphatic rings. The first-order valence-electron chi connectivity index (χ1n) is 7.91. The molecule has 4 heterocycles. The van der Waals surface area contributed by atoms with Gasteiger partial charge in [0.2, 0.25) is 0 Å². The van der Waals surface area contributed by atoms with E-state index < -0.39 is 0 Å². The van der Waals surface area contributed by atoms with Crippen molar-refractivity contribution in [1.82, 2.24) is 20.3 Å². The fraction of sp³-hybridized carbons (Fsp3) is 0.471. The third kappa shape index (κ3) is 2.85. The Bertz CT molecular complexity index is 689. The molecule has 0 amide bonds. The molecule has 4 rings (SSSR count). The smallest absolute Gasteiger partial charge is 0.160 e. The quantitative estimate of drug-likeness (QED) is 0.839. The van der Waals surface area contributed by atoms with E-state index in [1.165, 1.54) is 12.0 Å². The van der Waals surface area contributed by atoms with Crippen LogP contribution in [0.15, 0.2) is 30.7 Å². The molecular weight excluding hydrogens is 345 g/mol. The second kappa shape index (κ2) is 7.21. The van der Waals surface area contributed by atoms with E-state index in [0.29, 0.717) is 5.92 Å². The standard InChI is InChI=1S/C17H21N5.2ClH/c1-12-8-13-9-14(15-19-5-3-6-20-15)10-21-16(13)22(2)17(12)4-7-18-11-17;;/h3,5-6,9-10,12,18H,4,7-8,11H2,1-2H3;2*1H. The van der Waals surface area contributed by atoms with Crippen molar-refractivity contribution in [1.29, 1.82) is 0 Å². The van der Waals surface area contributed by atoms with Crippen molar-refractivity contribution in [2.24, 2.45) is 5.92 Å². The van der Waals surface area contributed by atoms with Crippen LogP contribution in [0.5, 0.6) is 0 Å². The summed E-state index contributed by atoms with van der Waals surface area (Å²) < 4.78 is 0. The van der Waals surface area contributed by atoms with Crippen LogP contribution in [0.25, 0.3) is 11.4 Å².